The smallest absolute Gasteiger partial charge is 0.266 e. The second kappa shape index (κ2) is 6.76. The minimum Gasteiger partial charge on any atom is -0.398 e. The highest BCUT2D eigenvalue weighted by atomic mass is 32.2. The molecule has 0 aliphatic carbocycles. The van der Waals surface area contributed by atoms with E-state index >= 15 is 0 Å². The van der Waals surface area contributed by atoms with Gasteiger partial charge in [0.05, 0.1) is 17.9 Å². The third-order valence-electron chi connectivity index (χ3n) is 3.70. The Labute approximate surface area is 142 Å². The molecule has 0 aromatic heterocycles. The van der Waals surface area contributed by atoms with Gasteiger partial charge in [-0.1, -0.05) is 60.7 Å². The van der Waals surface area contributed by atoms with Crippen LogP contribution in [0.2, 0.25) is 0 Å². The number of anilines is 2. The third kappa shape index (κ3) is 3.26. The number of hydrogen-bond donors (Lipinski definition) is 1. The van der Waals surface area contributed by atoms with Gasteiger partial charge in [0.1, 0.15) is 4.90 Å². The molecule has 0 atom stereocenters. The summed E-state index contributed by atoms with van der Waals surface area (Å²) in [5.41, 5.74) is 7.66. The number of nitrogen functional groups attached to an aromatic ring is 1. The van der Waals surface area contributed by atoms with Crippen LogP contribution in [0.3, 0.4) is 0 Å². The highest BCUT2D eigenvalue weighted by Crippen LogP contribution is 2.28. The minimum absolute atomic E-state index is 0.116. The first-order valence-electron chi connectivity index (χ1n) is 7.55. The molecule has 3 aromatic rings. The molecule has 122 valence electrons. The molecule has 4 nitrogen and oxygen atoms in total. The van der Waals surface area contributed by atoms with E-state index in [1.807, 2.05) is 48.5 Å². The van der Waals surface area contributed by atoms with E-state index in [0.717, 1.165) is 5.56 Å². The summed E-state index contributed by atoms with van der Waals surface area (Å²) in [6.45, 7) is 0.238. The fourth-order valence-corrected chi connectivity index (χ4v) is 4.06. The van der Waals surface area contributed by atoms with Gasteiger partial charge in [-0.25, -0.2) is 8.42 Å². The third-order valence-corrected chi connectivity index (χ3v) is 5.55. The Morgan fingerprint density at radius 2 is 1.29 bits per heavy atom. The van der Waals surface area contributed by atoms with Crippen molar-refractivity contribution >= 4 is 21.4 Å². The quantitative estimate of drug-likeness (QED) is 0.722. The number of hydrogen-bond acceptors (Lipinski definition) is 3. The lowest BCUT2D eigenvalue weighted by Crippen LogP contribution is -2.31. The number of para-hydroxylation sites is 2. The van der Waals surface area contributed by atoms with Crippen molar-refractivity contribution in [3.8, 4) is 0 Å². The summed E-state index contributed by atoms with van der Waals surface area (Å²) < 4.78 is 27.8. The number of nitrogens with two attached hydrogens (primary N) is 1. The zero-order valence-electron chi connectivity index (χ0n) is 13.0. The summed E-state index contributed by atoms with van der Waals surface area (Å²) in [6, 6.07) is 25.1. The predicted octanol–water partition coefficient (Wildman–Crippen LogP) is 3.66. The molecule has 0 saturated heterocycles. The van der Waals surface area contributed by atoms with E-state index in [1.54, 1.807) is 30.3 Å². The SMILES string of the molecule is Nc1ccccc1S(=O)(=O)N(Cc1ccccc1)c1ccccc1. The largest absolute Gasteiger partial charge is 0.398 e. The average Bonchev–Trinajstić information content (AvgIpc) is 2.61. The van der Waals surface area contributed by atoms with Crippen LogP contribution in [-0.4, -0.2) is 8.42 Å². The van der Waals surface area contributed by atoms with Gasteiger partial charge in [-0.2, -0.15) is 0 Å². The topological polar surface area (TPSA) is 63.4 Å². The zero-order valence-corrected chi connectivity index (χ0v) is 13.9. The molecule has 0 heterocycles. The maximum absolute atomic E-state index is 13.2. The van der Waals surface area contributed by atoms with Crippen molar-refractivity contribution in [3.05, 3.63) is 90.5 Å². The highest BCUT2D eigenvalue weighted by Gasteiger charge is 2.26. The van der Waals surface area contributed by atoms with Gasteiger partial charge in [-0.05, 0) is 29.8 Å². The fourth-order valence-electron chi connectivity index (χ4n) is 2.49. The van der Waals surface area contributed by atoms with Crippen molar-refractivity contribution in [2.45, 2.75) is 11.4 Å². The number of benzene rings is 3. The van der Waals surface area contributed by atoms with Crippen molar-refractivity contribution in [1.29, 1.82) is 0 Å². The maximum atomic E-state index is 13.2. The average molecular weight is 338 g/mol. The standard InChI is InChI=1S/C19H18N2O2S/c20-18-13-7-8-14-19(18)24(22,23)21(17-11-5-2-6-12-17)15-16-9-3-1-4-10-16/h1-14H,15,20H2. The first kappa shape index (κ1) is 16.1. The molecule has 3 aromatic carbocycles. The first-order chi connectivity index (χ1) is 11.6. The summed E-state index contributed by atoms with van der Waals surface area (Å²) in [6.07, 6.45) is 0. The van der Waals surface area contributed by atoms with Gasteiger partial charge in [0.25, 0.3) is 10.0 Å². The second-order valence-corrected chi connectivity index (χ2v) is 7.20. The molecular weight excluding hydrogens is 320 g/mol. The van der Waals surface area contributed by atoms with E-state index in [0.29, 0.717) is 5.69 Å². The molecule has 0 radical (unpaired) electrons. The van der Waals surface area contributed by atoms with Gasteiger partial charge >= 0.3 is 0 Å². The Morgan fingerprint density at radius 1 is 0.750 bits per heavy atom. The normalized spacial score (nSPS) is 11.2. The molecule has 2 N–H and O–H groups in total. The van der Waals surface area contributed by atoms with E-state index in [1.165, 1.54) is 10.4 Å². The van der Waals surface area contributed by atoms with Crippen LogP contribution in [0.15, 0.2) is 89.8 Å². The van der Waals surface area contributed by atoms with E-state index in [9.17, 15) is 8.42 Å². The monoisotopic (exact) mass is 338 g/mol. The lowest BCUT2D eigenvalue weighted by molar-refractivity contribution is 0.591. The molecule has 0 unspecified atom stereocenters. The number of sulfonamides is 1. The van der Waals surface area contributed by atoms with E-state index in [4.69, 9.17) is 5.73 Å². The van der Waals surface area contributed by atoms with Gasteiger partial charge in [0.15, 0.2) is 0 Å². The lowest BCUT2D eigenvalue weighted by Gasteiger charge is -2.25. The van der Waals surface area contributed by atoms with Gasteiger partial charge in [-0.3, -0.25) is 4.31 Å². The molecule has 0 aliphatic heterocycles. The molecule has 0 bridgehead atoms. The molecule has 24 heavy (non-hydrogen) atoms. The van der Waals surface area contributed by atoms with Crippen LogP contribution >= 0.6 is 0 Å². The number of rotatable bonds is 5. The summed E-state index contributed by atoms with van der Waals surface area (Å²) in [5.74, 6) is 0. The number of nitrogens with zero attached hydrogens (tertiary/aromatic N) is 1. The molecule has 3 rings (SSSR count). The molecule has 0 fully saturated rings. The summed E-state index contributed by atoms with van der Waals surface area (Å²) >= 11 is 0. The molecule has 0 saturated carbocycles. The van der Waals surface area contributed by atoms with Gasteiger partial charge in [0, 0.05) is 0 Å². The van der Waals surface area contributed by atoms with Crippen molar-refractivity contribution in [2.75, 3.05) is 10.0 Å². The van der Waals surface area contributed by atoms with Crippen LogP contribution in [0, 0.1) is 0 Å². The molecular formula is C19H18N2O2S. The minimum atomic E-state index is -3.77. The van der Waals surface area contributed by atoms with Gasteiger partial charge in [-0.15, -0.1) is 0 Å². The van der Waals surface area contributed by atoms with E-state index in [-0.39, 0.29) is 17.1 Å². The Morgan fingerprint density at radius 3 is 1.92 bits per heavy atom. The van der Waals surface area contributed by atoms with Crippen molar-refractivity contribution < 1.29 is 8.42 Å². The molecule has 0 spiro atoms. The predicted molar refractivity (Wildman–Crippen MR) is 97.1 cm³/mol. The second-order valence-electron chi connectivity index (χ2n) is 5.37. The Bertz CT molecular complexity index is 910. The van der Waals surface area contributed by atoms with Crippen LogP contribution in [0.25, 0.3) is 0 Å². The first-order valence-corrected chi connectivity index (χ1v) is 8.99. The Kier molecular flexibility index (Phi) is 4.53. The van der Waals surface area contributed by atoms with Gasteiger partial charge in [0.2, 0.25) is 0 Å². The summed E-state index contributed by atoms with van der Waals surface area (Å²) in [4.78, 5) is 0.116. The maximum Gasteiger partial charge on any atom is 0.266 e. The highest BCUT2D eigenvalue weighted by molar-refractivity contribution is 7.93. The summed E-state index contributed by atoms with van der Waals surface area (Å²) in [5, 5.41) is 0. The zero-order chi connectivity index (χ0) is 17.0. The van der Waals surface area contributed by atoms with E-state index < -0.39 is 10.0 Å². The van der Waals surface area contributed by atoms with Crippen LogP contribution in [0.4, 0.5) is 11.4 Å². The van der Waals surface area contributed by atoms with Gasteiger partial charge < -0.3 is 5.73 Å². The fraction of sp³-hybridized carbons (Fsp3) is 0.0526. The lowest BCUT2D eigenvalue weighted by atomic mass is 10.2. The van der Waals surface area contributed by atoms with Crippen LogP contribution in [-0.2, 0) is 16.6 Å². The van der Waals surface area contributed by atoms with Crippen molar-refractivity contribution in [3.63, 3.8) is 0 Å². The van der Waals surface area contributed by atoms with Crippen LogP contribution in [0.1, 0.15) is 5.56 Å². The molecule has 5 heteroatoms. The van der Waals surface area contributed by atoms with Crippen molar-refractivity contribution in [2.24, 2.45) is 0 Å². The van der Waals surface area contributed by atoms with Crippen LogP contribution < -0.4 is 10.0 Å². The Hall–Kier alpha value is -2.79. The van der Waals surface area contributed by atoms with Crippen molar-refractivity contribution in [1.82, 2.24) is 0 Å². The summed E-state index contributed by atoms with van der Waals surface area (Å²) in [7, 11) is -3.77. The Balaban J connectivity index is 2.09. The molecule has 0 aliphatic rings. The molecule has 0 amide bonds. The van der Waals surface area contributed by atoms with E-state index in [2.05, 4.69) is 0 Å². The van der Waals surface area contributed by atoms with Crippen LogP contribution in [0.5, 0.6) is 0 Å².